The van der Waals surface area contributed by atoms with Crippen LogP contribution < -0.4 is 4.74 Å². The van der Waals surface area contributed by atoms with Crippen LogP contribution in [0.5, 0.6) is 5.75 Å². The Hall–Kier alpha value is -3.72. The molecule has 0 spiro atoms. The molecule has 0 N–H and O–H groups in total. The molecule has 9 heteroatoms. The molecule has 176 valence electrons. The third-order valence-electron chi connectivity index (χ3n) is 5.40. The minimum Gasteiger partial charge on any atom is -0.494 e. The van der Waals surface area contributed by atoms with E-state index in [9.17, 15) is 14.4 Å². The number of rotatable bonds is 7. The van der Waals surface area contributed by atoms with E-state index >= 15 is 0 Å². The molecular weight excluding hydrogens is 456 g/mol. The molecule has 0 radical (unpaired) electrons. The zero-order chi connectivity index (χ0) is 24.4. The van der Waals surface area contributed by atoms with Gasteiger partial charge in [-0.3, -0.25) is 14.5 Å². The number of imide groups is 1. The second-order valence-corrected chi connectivity index (χ2v) is 8.61. The lowest BCUT2D eigenvalue weighted by Crippen LogP contribution is -2.27. The quantitative estimate of drug-likeness (QED) is 0.343. The molecule has 1 fully saturated rings. The summed E-state index contributed by atoms with van der Waals surface area (Å²) in [6, 6.07) is 12.8. The largest absolute Gasteiger partial charge is 0.494 e. The number of methoxy groups -OCH3 is 1. The summed E-state index contributed by atoms with van der Waals surface area (Å²) in [5, 5.41) is -0.396. The van der Waals surface area contributed by atoms with Crippen molar-refractivity contribution in [1.82, 2.24) is 9.47 Å². The Labute approximate surface area is 201 Å². The van der Waals surface area contributed by atoms with Crippen molar-refractivity contribution in [2.24, 2.45) is 0 Å². The van der Waals surface area contributed by atoms with Gasteiger partial charge in [0.15, 0.2) is 0 Å². The highest BCUT2D eigenvalue weighted by atomic mass is 32.2. The van der Waals surface area contributed by atoms with Gasteiger partial charge in [0.2, 0.25) is 5.76 Å². The highest BCUT2D eigenvalue weighted by Gasteiger charge is 2.36. The molecule has 0 aliphatic carbocycles. The number of furan rings is 1. The fourth-order valence-electron chi connectivity index (χ4n) is 3.80. The number of nitrogens with zero attached hydrogens (tertiary/aromatic N) is 2. The van der Waals surface area contributed by atoms with E-state index in [1.807, 2.05) is 51.1 Å². The van der Waals surface area contributed by atoms with E-state index in [4.69, 9.17) is 9.15 Å². The first kappa shape index (κ1) is 23.4. The maximum atomic E-state index is 13.0. The second kappa shape index (κ2) is 9.64. The summed E-state index contributed by atoms with van der Waals surface area (Å²) in [5.41, 5.74) is 3.77. The average Bonchev–Trinajstić information content (AvgIpc) is 3.48. The van der Waals surface area contributed by atoms with Crippen LogP contribution in [0.15, 0.2) is 51.8 Å². The number of thioether (sulfide) groups is 1. The lowest BCUT2D eigenvalue weighted by molar-refractivity contribution is -0.123. The summed E-state index contributed by atoms with van der Waals surface area (Å²) < 4.78 is 17.6. The summed E-state index contributed by atoms with van der Waals surface area (Å²) in [5.74, 6) is 0.109. The number of aryl methyl sites for hydroxylation is 1. The van der Waals surface area contributed by atoms with Crippen molar-refractivity contribution in [2.45, 2.75) is 27.3 Å². The minimum absolute atomic E-state index is 0.0155. The van der Waals surface area contributed by atoms with Crippen LogP contribution in [0.3, 0.4) is 0 Å². The molecule has 1 aliphatic heterocycles. The Bertz CT molecular complexity index is 1290. The van der Waals surface area contributed by atoms with E-state index in [1.54, 1.807) is 12.1 Å². The number of esters is 1. The van der Waals surface area contributed by atoms with Crippen molar-refractivity contribution in [2.75, 3.05) is 13.7 Å². The summed E-state index contributed by atoms with van der Waals surface area (Å²) in [6.07, 6.45) is 1.74. The number of hydrogen-bond acceptors (Lipinski definition) is 7. The molecule has 1 saturated heterocycles. The van der Waals surface area contributed by atoms with Gasteiger partial charge in [0.25, 0.3) is 11.1 Å². The molecule has 2 amide bonds. The summed E-state index contributed by atoms with van der Waals surface area (Å²) >= 11 is 0.880. The van der Waals surface area contributed by atoms with Gasteiger partial charge in [0.1, 0.15) is 11.5 Å². The second-order valence-electron chi connectivity index (χ2n) is 7.61. The smallest absolute Gasteiger partial charge is 0.373 e. The molecule has 0 atom stereocenters. The van der Waals surface area contributed by atoms with Crippen LogP contribution in [0, 0.1) is 13.8 Å². The number of benzene rings is 1. The van der Waals surface area contributed by atoms with Crippen molar-refractivity contribution in [3.8, 4) is 11.4 Å². The summed E-state index contributed by atoms with van der Waals surface area (Å²) in [7, 11) is 1.25. The van der Waals surface area contributed by atoms with Gasteiger partial charge in [-0.1, -0.05) is 0 Å². The SMILES string of the molecule is CCOc1ccc(-n2c(C)cc(/C=C3/SC(=O)N(Cc4ccc(C(=O)OC)o4)C3=O)c2C)cc1. The highest BCUT2D eigenvalue weighted by molar-refractivity contribution is 8.18. The van der Waals surface area contributed by atoms with Gasteiger partial charge < -0.3 is 18.5 Å². The van der Waals surface area contributed by atoms with E-state index in [0.29, 0.717) is 17.3 Å². The molecular formula is C25H24N2O6S. The molecule has 3 aromatic rings. The number of carbonyl (C=O) groups excluding carboxylic acids is 3. The van der Waals surface area contributed by atoms with Crippen LogP contribution in [0.1, 0.15) is 40.2 Å². The third-order valence-corrected chi connectivity index (χ3v) is 6.31. The van der Waals surface area contributed by atoms with Crippen molar-refractivity contribution >= 4 is 35.0 Å². The lowest BCUT2D eigenvalue weighted by atomic mass is 10.2. The standard InChI is InChI=1S/C25H24N2O6S/c1-5-32-19-8-6-18(7-9-19)27-15(2)12-17(16(27)3)13-22-23(28)26(25(30)34-22)14-20-10-11-21(33-20)24(29)31-4/h6-13H,5,14H2,1-4H3/b22-13+. The van der Waals surface area contributed by atoms with Crippen LogP contribution >= 0.6 is 11.8 Å². The van der Waals surface area contributed by atoms with Crippen molar-refractivity contribution in [3.05, 3.63) is 75.8 Å². The molecule has 0 unspecified atom stereocenters. The van der Waals surface area contributed by atoms with Crippen molar-refractivity contribution < 1.29 is 28.3 Å². The van der Waals surface area contributed by atoms with Crippen molar-refractivity contribution in [1.29, 1.82) is 0 Å². The van der Waals surface area contributed by atoms with Gasteiger partial charge in [-0.15, -0.1) is 0 Å². The predicted molar refractivity (Wildman–Crippen MR) is 128 cm³/mol. The topological polar surface area (TPSA) is 91.0 Å². The van der Waals surface area contributed by atoms with Crippen LogP contribution in [0.25, 0.3) is 11.8 Å². The van der Waals surface area contributed by atoms with Gasteiger partial charge in [-0.2, -0.15) is 0 Å². The number of carbonyl (C=O) groups is 3. The predicted octanol–water partition coefficient (Wildman–Crippen LogP) is 5.11. The first-order valence-corrected chi connectivity index (χ1v) is 11.5. The van der Waals surface area contributed by atoms with E-state index in [2.05, 4.69) is 9.30 Å². The molecule has 3 heterocycles. The first-order chi connectivity index (χ1) is 16.3. The molecule has 1 aromatic carbocycles. The monoisotopic (exact) mass is 480 g/mol. The molecule has 34 heavy (non-hydrogen) atoms. The number of hydrogen-bond donors (Lipinski definition) is 0. The van der Waals surface area contributed by atoms with Gasteiger partial charge in [-0.05, 0) is 86.6 Å². The fraction of sp³-hybridized carbons (Fsp3) is 0.240. The maximum Gasteiger partial charge on any atom is 0.373 e. The summed E-state index contributed by atoms with van der Waals surface area (Å²) in [4.78, 5) is 38.5. The zero-order valence-corrected chi connectivity index (χ0v) is 20.1. The van der Waals surface area contributed by atoms with E-state index in [-0.39, 0.29) is 12.3 Å². The molecule has 4 rings (SSSR count). The van der Waals surface area contributed by atoms with Gasteiger partial charge in [-0.25, -0.2) is 4.79 Å². The molecule has 1 aliphatic rings. The zero-order valence-electron chi connectivity index (χ0n) is 19.3. The Morgan fingerprint density at radius 3 is 2.53 bits per heavy atom. The van der Waals surface area contributed by atoms with Crippen LogP contribution in [-0.2, 0) is 16.1 Å². The van der Waals surface area contributed by atoms with Gasteiger partial charge in [0, 0.05) is 17.1 Å². The maximum absolute atomic E-state index is 13.0. The normalized spacial score (nSPS) is 14.8. The van der Waals surface area contributed by atoms with Crippen LogP contribution in [0.4, 0.5) is 4.79 Å². The Kier molecular flexibility index (Phi) is 6.65. The molecule has 8 nitrogen and oxygen atoms in total. The van der Waals surface area contributed by atoms with Crippen molar-refractivity contribution in [3.63, 3.8) is 0 Å². The number of aromatic nitrogens is 1. The molecule has 0 bridgehead atoms. The minimum atomic E-state index is -0.622. The van der Waals surface area contributed by atoms with Gasteiger partial charge >= 0.3 is 5.97 Å². The number of ether oxygens (including phenoxy) is 2. The van der Waals surface area contributed by atoms with Crippen LogP contribution in [-0.4, -0.2) is 40.3 Å². The Morgan fingerprint density at radius 2 is 1.85 bits per heavy atom. The van der Waals surface area contributed by atoms with E-state index < -0.39 is 17.1 Å². The first-order valence-electron chi connectivity index (χ1n) is 10.7. The Morgan fingerprint density at radius 1 is 1.12 bits per heavy atom. The van der Waals surface area contributed by atoms with E-state index in [0.717, 1.165) is 45.1 Å². The van der Waals surface area contributed by atoms with E-state index in [1.165, 1.54) is 13.2 Å². The number of amides is 2. The Balaban J connectivity index is 1.56. The average molecular weight is 481 g/mol. The fourth-order valence-corrected chi connectivity index (χ4v) is 4.62. The third kappa shape index (κ3) is 4.51. The van der Waals surface area contributed by atoms with Crippen LogP contribution in [0.2, 0.25) is 0 Å². The lowest BCUT2D eigenvalue weighted by Gasteiger charge is -2.11. The highest BCUT2D eigenvalue weighted by Crippen LogP contribution is 2.35. The molecule has 2 aromatic heterocycles. The van der Waals surface area contributed by atoms with Gasteiger partial charge in [0.05, 0.1) is 25.2 Å². The molecule has 0 saturated carbocycles. The summed E-state index contributed by atoms with van der Waals surface area (Å²) in [6.45, 7) is 6.44.